The van der Waals surface area contributed by atoms with Crippen LogP contribution >= 0.6 is 0 Å². The van der Waals surface area contributed by atoms with Crippen LogP contribution in [-0.2, 0) is 4.74 Å². The third-order valence-electron chi connectivity index (χ3n) is 5.30. The van der Waals surface area contributed by atoms with Gasteiger partial charge in [-0.1, -0.05) is 6.92 Å². The van der Waals surface area contributed by atoms with Crippen molar-refractivity contribution in [3.63, 3.8) is 0 Å². The highest BCUT2D eigenvalue weighted by Gasteiger charge is 2.27. The number of piperidine rings is 1. The van der Waals surface area contributed by atoms with Crippen molar-refractivity contribution in [1.29, 1.82) is 0 Å². The van der Waals surface area contributed by atoms with Crippen LogP contribution in [0.25, 0.3) is 0 Å². The molecule has 0 aromatic carbocycles. The first-order valence-electron chi connectivity index (χ1n) is 9.17. The highest BCUT2D eigenvalue weighted by atomic mass is 16.5. The Morgan fingerprint density at radius 3 is 2.40 bits per heavy atom. The van der Waals surface area contributed by atoms with Crippen molar-refractivity contribution < 1.29 is 19.4 Å². The summed E-state index contributed by atoms with van der Waals surface area (Å²) in [5.74, 6) is -0.436. The first-order chi connectivity index (χ1) is 12.0. The van der Waals surface area contributed by atoms with Gasteiger partial charge in [0, 0.05) is 24.8 Å². The summed E-state index contributed by atoms with van der Waals surface area (Å²) in [7, 11) is 0. The van der Waals surface area contributed by atoms with Crippen LogP contribution in [0.2, 0.25) is 0 Å². The topological polar surface area (TPSA) is 79.7 Å². The van der Waals surface area contributed by atoms with Crippen molar-refractivity contribution in [1.82, 2.24) is 9.88 Å². The molecule has 1 N–H and O–H groups in total. The van der Waals surface area contributed by atoms with Gasteiger partial charge in [-0.2, -0.15) is 0 Å². The average Bonchev–Trinajstić information content (AvgIpc) is 2.64. The monoisotopic (exact) mass is 346 g/mol. The van der Waals surface area contributed by atoms with E-state index in [1.165, 1.54) is 25.1 Å². The molecule has 136 valence electrons. The van der Waals surface area contributed by atoms with Crippen LogP contribution in [-0.4, -0.2) is 52.2 Å². The van der Waals surface area contributed by atoms with Crippen LogP contribution in [0.3, 0.4) is 0 Å². The maximum Gasteiger partial charge on any atom is 0.354 e. The molecule has 1 aromatic heterocycles. The van der Waals surface area contributed by atoms with Gasteiger partial charge >= 0.3 is 5.97 Å². The Morgan fingerprint density at radius 2 is 1.76 bits per heavy atom. The lowest BCUT2D eigenvalue weighted by molar-refractivity contribution is -0.0570. The van der Waals surface area contributed by atoms with E-state index in [4.69, 9.17) is 9.84 Å². The molecule has 0 spiro atoms. The Labute approximate surface area is 148 Å². The van der Waals surface area contributed by atoms with Gasteiger partial charge < -0.3 is 14.7 Å². The number of likely N-dealkylation sites (tertiary alicyclic amines) is 1. The van der Waals surface area contributed by atoms with Crippen LogP contribution in [0, 0.1) is 5.92 Å². The number of rotatable bonds is 4. The van der Waals surface area contributed by atoms with E-state index in [2.05, 4.69) is 11.9 Å². The summed E-state index contributed by atoms with van der Waals surface area (Å²) in [5.41, 5.74) is 0.281. The van der Waals surface area contributed by atoms with Crippen molar-refractivity contribution in [2.45, 2.75) is 57.7 Å². The van der Waals surface area contributed by atoms with Gasteiger partial charge in [-0.05, 0) is 56.6 Å². The molecule has 0 atom stereocenters. The molecular weight excluding hydrogens is 320 g/mol. The van der Waals surface area contributed by atoms with Crippen LogP contribution in [0.4, 0.5) is 0 Å². The SMILES string of the molecule is CC1CCC(OC2CCN(C(=O)c3ccnc(C(=O)O)c3)CC2)CC1. The second-order valence-corrected chi connectivity index (χ2v) is 7.24. The Morgan fingerprint density at radius 1 is 1.12 bits per heavy atom. The van der Waals surface area contributed by atoms with E-state index < -0.39 is 5.97 Å². The molecule has 0 radical (unpaired) electrons. The molecule has 3 rings (SSSR count). The number of amides is 1. The van der Waals surface area contributed by atoms with Gasteiger partial charge in [0.25, 0.3) is 5.91 Å². The lowest BCUT2D eigenvalue weighted by atomic mass is 9.88. The number of hydrogen-bond donors (Lipinski definition) is 1. The standard InChI is InChI=1S/C19H26N2O4/c1-13-2-4-15(5-3-13)25-16-7-10-21(11-8-16)18(22)14-6-9-20-17(12-14)19(23)24/h6,9,12-13,15-16H,2-5,7-8,10-11H2,1H3,(H,23,24). The molecule has 1 aliphatic carbocycles. The molecule has 0 bridgehead atoms. The summed E-state index contributed by atoms with van der Waals surface area (Å²) in [4.78, 5) is 29.1. The van der Waals surface area contributed by atoms with Crippen LogP contribution in [0.15, 0.2) is 18.3 Å². The lowest BCUT2D eigenvalue weighted by Gasteiger charge is -2.35. The van der Waals surface area contributed by atoms with E-state index in [9.17, 15) is 9.59 Å². The summed E-state index contributed by atoms with van der Waals surface area (Å²) in [6.07, 6.45) is 8.45. The molecule has 6 nitrogen and oxygen atoms in total. The number of pyridine rings is 1. The molecule has 2 heterocycles. The zero-order chi connectivity index (χ0) is 17.8. The van der Waals surface area contributed by atoms with Crippen molar-refractivity contribution in [3.8, 4) is 0 Å². The molecular formula is C19H26N2O4. The Hall–Kier alpha value is -1.95. The highest BCUT2D eigenvalue weighted by molar-refractivity contribution is 5.96. The normalized spacial score (nSPS) is 24.9. The van der Waals surface area contributed by atoms with Gasteiger partial charge in [0.15, 0.2) is 0 Å². The maximum absolute atomic E-state index is 12.6. The van der Waals surface area contributed by atoms with E-state index in [0.717, 1.165) is 31.6 Å². The van der Waals surface area contributed by atoms with Gasteiger partial charge in [0.2, 0.25) is 0 Å². The molecule has 2 aliphatic rings. The summed E-state index contributed by atoms with van der Waals surface area (Å²) < 4.78 is 6.24. The Kier molecular flexibility index (Phi) is 5.68. The van der Waals surface area contributed by atoms with E-state index in [0.29, 0.717) is 24.8 Å². The predicted octanol–water partition coefficient (Wildman–Crippen LogP) is 2.98. The molecule has 0 unspecified atom stereocenters. The second kappa shape index (κ2) is 7.95. The van der Waals surface area contributed by atoms with Crippen molar-refractivity contribution in [2.24, 2.45) is 5.92 Å². The third-order valence-corrected chi connectivity index (χ3v) is 5.30. The molecule has 1 saturated heterocycles. The molecule has 1 aromatic rings. The first-order valence-corrected chi connectivity index (χ1v) is 9.17. The predicted molar refractivity (Wildman–Crippen MR) is 92.6 cm³/mol. The van der Waals surface area contributed by atoms with E-state index in [-0.39, 0.29) is 17.7 Å². The van der Waals surface area contributed by atoms with Crippen LogP contribution < -0.4 is 0 Å². The number of ether oxygens (including phenoxy) is 1. The van der Waals surface area contributed by atoms with Crippen molar-refractivity contribution in [3.05, 3.63) is 29.6 Å². The number of aromatic nitrogens is 1. The number of carboxylic acids is 1. The minimum absolute atomic E-state index is 0.101. The summed E-state index contributed by atoms with van der Waals surface area (Å²) >= 11 is 0. The van der Waals surface area contributed by atoms with Gasteiger partial charge in [0.05, 0.1) is 12.2 Å². The fourth-order valence-electron chi connectivity index (χ4n) is 3.70. The van der Waals surface area contributed by atoms with Gasteiger partial charge in [-0.3, -0.25) is 4.79 Å². The number of carboxylic acid groups (broad SMARTS) is 1. The number of aromatic carboxylic acids is 1. The molecule has 25 heavy (non-hydrogen) atoms. The Bertz CT molecular complexity index is 618. The summed E-state index contributed by atoms with van der Waals surface area (Å²) in [6, 6.07) is 2.91. The molecule has 1 aliphatic heterocycles. The second-order valence-electron chi connectivity index (χ2n) is 7.24. The molecule has 2 fully saturated rings. The number of nitrogens with zero attached hydrogens (tertiary/aromatic N) is 2. The molecule has 6 heteroatoms. The zero-order valence-electron chi connectivity index (χ0n) is 14.7. The number of carbonyl (C=O) groups excluding carboxylic acids is 1. The lowest BCUT2D eigenvalue weighted by Crippen LogP contribution is -2.42. The minimum atomic E-state index is -1.12. The van der Waals surface area contributed by atoms with Crippen molar-refractivity contribution >= 4 is 11.9 Å². The highest BCUT2D eigenvalue weighted by Crippen LogP contribution is 2.28. The fraction of sp³-hybridized carbons (Fsp3) is 0.632. The fourth-order valence-corrected chi connectivity index (χ4v) is 3.70. The summed E-state index contributed by atoms with van der Waals surface area (Å²) in [6.45, 7) is 3.60. The van der Waals surface area contributed by atoms with Crippen LogP contribution in [0.1, 0.15) is 66.3 Å². The zero-order valence-corrected chi connectivity index (χ0v) is 14.7. The molecule has 1 amide bonds. The maximum atomic E-state index is 12.6. The third kappa shape index (κ3) is 4.57. The minimum Gasteiger partial charge on any atom is -0.477 e. The Balaban J connectivity index is 1.51. The largest absolute Gasteiger partial charge is 0.477 e. The number of carbonyl (C=O) groups is 2. The van der Waals surface area contributed by atoms with E-state index >= 15 is 0 Å². The van der Waals surface area contributed by atoms with Gasteiger partial charge in [0.1, 0.15) is 5.69 Å². The number of hydrogen-bond acceptors (Lipinski definition) is 4. The summed E-state index contributed by atoms with van der Waals surface area (Å²) in [5, 5.41) is 9.00. The van der Waals surface area contributed by atoms with Gasteiger partial charge in [-0.15, -0.1) is 0 Å². The van der Waals surface area contributed by atoms with Crippen molar-refractivity contribution in [2.75, 3.05) is 13.1 Å². The smallest absolute Gasteiger partial charge is 0.354 e. The average molecular weight is 346 g/mol. The van der Waals surface area contributed by atoms with Gasteiger partial charge in [-0.25, -0.2) is 9.78 Å². The first kappa shape index (κ1) is 17.9. The molecule has 1 saturated carbocycles. The van der Waals surface area contributed by atoms with Crippen LogP contribution in [0.5, 0.6) is 0 Å². The quantitative estimate of drug-likeness (QED) is 0.906. The van der Waals surface area contributed by atoms with E-state index in [1.54, 1.807) is 11.0 Å². The van der Waals surface area contributed by atoms with E-state index in [1.807, 2.05) is 0 Å².